The SMILES string of the molecule is CS(=O)(=O)N1CCN(C(=O)c2ccc(Br)o2)CC1. The van der Waals surface area contributed by atoms with Crippen molar-refractivity contribution in [3.8, 4) is 0 Å². The van der Waals surface area contributed by atoms with E-state index in [0.717, 1.165) is 0 Å². The van der Waals surface area contributed by atoms with Crippen molar-refractivity contribution in [2.24, 2.45) is 0 Å². The predicted molar refractivity (Wildman–Crippen MR) is 68.7 cm³/mol. The monoisotopic (exact) mass is 336 g/mol. The molecule has 1 aromatic heterocycles. The summed E-state index contributed by atoms with van der Waals surface area (Å²) in [6.07, 6.45) is 1.17. The third-order valence-electron chi connectivity index (χ3n) is 2.78. The number of sulfonamides is 1. The third-order valence-corrected chi connectivity index (χ3v) is 4.51. The zero-order chi connectivity index (χ0) is 13.3. The second-order valence-electron chi connectivity index (χ2n) is 4.06. The van der Waals surface area contributed by atoms with Gasteiger partial charge in [-0.05, 0) is 28.1 Å². The van der Waals surface area contributed by atoms with Crippen LogP contribution in [0.4, 0.5) is 0 Å². The summed E-state index contributed by atoms with van der Waals surface area (Å²) in [6, 6.07) is 3.25. The number of rotatable bonds is 2. The lowest BCUT2D eigenvalue weighted by atomic mass is 10.3. The van der Waals surface area contributed by atoms with Crippen molar-refractivity contribution in [3.63, 3.8) is 0 Å². The summed E-state index contributed by atoms with van der Waals surface area (Å²) in [5, 5.41) is 0. The van der Waals surface area contributed by atoms with Crippen LogP contribution in [0.3, 0.4) is 0 Å². The van der Waals surface area contributed by atoms with E-state index in [4.69, 9.17) is 4.42 Å². The molecule has 1 saturated heterocycles. The van der Waals surface area contributed by atoms with Gasteiger partial charge in [-0.25, -0.2) is 8.42 Å². The summed E-state index contributed by atoms with van der Waals surface area (Å²) < 4.78 is 29.7. The second kappa shape index (κ2) is 5.02. The highest BCUT2D eigenvalue weighted by Crippen LogP contribution is 2.17. The molecule has 1 aliphatic rings. The van der Waals surface area contributed by atoms with Crippen LogP contribution in [0.2, 0.25) is 0 Å². The molecule has 1 aromatic rings. The minimum atomic E-state index is -3.17. The Morgan fingerprint density at radius 3 is 2.33 bits per heavy atom. The molecule has 0 unspecified atom stereocenters. The van der Waals surface area contributed by atoms with Crippen LogP contribution >= 0.6 is 15.9 Å². The van der Waals surface area contributed by atoms with E-state index < -0.39 is 10.0 Å². The fraction of sp³-hybridized carbons (Fsp3) is 0.500. The quantitative estimate of drug-likeness (QED) is 0.799. The Hall–Kier alpha value is -0.860. The first kappa shape index (κ1) is 13.6. The van der Waals surface area contributed by atoms with Gasteiger partial charge in [0.2, 0.25) is 10.0 Å². The Kier molecular flexibility index (Phi) is 3.79. The Labute approximate surface area is 114 Å². The van der Waals surface area contributed by atoms with E-state index in [1.165, 1.54) is 10.6 Å². The van der Waals surface area contributed by atoms with E-state index in [1.807, 2.05) is 0 Å². The summed E-state index contributed by atoms with van der Waals surface area (Å²) in [7, 11) is -3.17. The van der Waals surface area contributed by atoms with Crippen molar-refractivity contribution in [3.05, 3.63) is 22.6 Å². The average molecular weight is 337 g/mol. The van der Waals surface area contributed by atoms with E-state index in [1.54, 1.807) is 17.0 Å². The molecule has 1 amide bonds. The summed E-state index contributed by atoms with van der Waals surface area (Å²) in [5.74, 6) is 0.0449. The molecule has 0 bridgehead atoms. The van der Waals surface area contributed by atoms with Crippen molar-refractivity contribution in [1.29, 1.82) is 0 Å². The lowest BCUT2D eigenvalue weighted by Gasteiger charge is -2.32. The summed E-state index contributed by atoms with van der Waals surface area (Å²) >= 11 is 3.14. The van der Waals surface area contributed by atoms with E-state index in [-0.39, 0.29) is 11.7 Å². The van der Waals surface area contributed by atoms with Crippen LogP contribution in [-0.2, 0) is 10.0 Å². The fourth-order valence-corrected chi connectivity index (χ4v) is 2.94. The Balaban J connectivity index is 2.00. The van der Waals surface area contributed by atoms with Gasteiger partial charge in [0.15, 0.2) is 10.4 Å². The van der Waals surface area contributed by atoms with Gasteiger partial charge in [-0.2, -0.15) is 4.31 Å². The average Bonchev–Trinajstić information content (AvgIpc) is 2.74. The second-order valence-corrected chi connectivity index (χ2v) is 6.82. The number of hydrogen-bond acceptors (Lipinski definition) is 4. The first-order chi connectivity index (χ1) is 8.38. The van der Waals surface area contributed by atoms with Gasteiger partial charge in [0.05, 0.1) is 6.26 Å². The Morgan fingerprint density at radius 1 is 1.28 bits per heavy atom. The van der Waals surface area contributed by atoms with Crippen LogP contribution in [0.25, 0.3) is 0 Å². The molecule has 0 N–H and O–H groups in total. The van der Waals surface area contributed by atoms with Crippen molar-refractivity contribution in [1.82, 2.24) is 9.21 Å². The summed E-state index contributed by atoms with van der Waals surface area (Å²) in [5.41, 5.74) is 0. The number of carbonyl (C=O) groups excluding carboxylic acids is 1. The van der Waals surface area contributed by atoms with Crippen LogP contribution in [0, 0.1) is 0 Å². The maximum absolute atomic E-state index is 12.0. The normalized spacial score (nSPS) is 18.0. The van der Waals surface area contributed by atoms with Crippen LogP contribution in [0.15, 0.2) is 21.2 Å². The van der Waals surface area contributed by atoms with E-state index in [9.17, 15) is 13.2 Å². The van der Waals surface area contributed by atoms with Crippen molar-refractivity contribution in [2.45, 2.75) is 0 Å². The van der Waals surface area contributed by atoms with Gasteiger partial charge in [0.1, 0.15) is 0 Å². The third kappa shape index (κ3) is 2.93. The molecule has 1 aliphatic heterocycles. The highest BCUT2D eigenvalue weighted by Gasteiger charge is 2.27. The van der Waals surface area contributed by atoms with Gasteiger partial charge in [0.25, 0.3) is 5.91 Å². The van der Waals surface area contributed by atoms with Crippen molar-refractivity contribution < 1.29 is 17.6 Å². The molecule has 0 spiro atoms. The van der Waals surface area contributed by atoms with Crippen molar-refractivity contribution in [2.75, 3.05) is 32.4 Å². The largest absolute Gasteiger partial charge is 0.444 e. The molecule has 0 aromatic carbocycles. The zero-order valence-electron chi connectivity index (χ0n) is 9.80. The van der Waals surface area contributed by atoms with Gasteiger partial charge in [0, 0.05) is 26.2 Å². The lowest BCUT2D eigenvalue weighted by molar-refractivity contribution is 0.0665. The highest BCUT2D eigenvalue weighted by atomic mass is 79.9. The first-order valence-corrected chi connectivity index (χ1v) is 8.02. The van der Waals surface area contributed by atoms with Crippen LogP contribution in [-0.4, -0.2) is 56.0 Å². The number of furan rings is 1. The molecular weight excluding hydrogens is 324 g/mol. The molecule has 2 heterocycles. The molecule has 0 saturated carbocycles. The number of nitrogens with zero attached hydrogens (tertiary/aromatic N) is 2. The molecule has 2 rings (SSSR count). The number of amides is 1. The number of hydrogen-bond donors (Lipinski definition) is 0. The molecule has 0 radical (unpaired) electrons. The van der Waals surface area contributed by atoms with Gasteiger partial charge in [-0.3, -0.25) is 4.79 Å². The molecule has 100 valence electrons. The Bertz CT molecular complexity index is 546. The van der Waals surface area contributed by atoms with E-state index in [0.29, 0.717) is 30.8 Å². The number of piperazine rings is 1. The first-order valence-electron chi connectivity index (χ1n) is 5.37. The number of halogens is 1. The van der Waals surface area contributed by atoms with E-state index >= 15 is 0 Å². The molecule has 1 fully saturated rings. The molecule has 0 aliphatic carbocycles. The predicted octanol–water partition coefficient (Wildman–Crippen LogP) is 0.759. The minimum Gasteiger partial charge on any atom is -0.444 e. The van der Waals surface area contributed by atoms with Gasteiger partial charge in [-0.15, -0.1) is 0 Å². The summed E-state index contributed by atoms with van der Waals surface area (Å²) in [4.78, 5) is 13.6. The summed E-state index contributed by atoms with van der Waals surface area (Å²) in [6.45, 7) is 1.41. The minimum absolute atomic E-state index is 0.214. The maximum Gasteiger partial charge on any atom is 0.289 e. The van der Waals surface area contributed by atoms with Crippen LogP contribution < -0.4 is 0 Å². The van der Waals surface area contributed by atoms with Gasteiger partial charge in [-0.1, -0.05) is 0 Å². The maximum atomic E-state index is 12.0. The lowest BCUT2D eigenvalue weighted by Crippen LogP contribution is -2.50. The molecule has 8 heteroatoms. The van der Waals surface area contributed by atoms with Crippen molar-refractivity contribution >= 4 is 31.9 Å². The van der Waals surface area contributed by atoms with Crippen LogP contribution in [0.1, 0.15) is 10.6 Å². The standard InChI is InChI=1S/C10H13BrN2O4S/c1-18(15,16)13-6-4-12(5-7-13)10(14)8-2-3-9(11)17-8/h2-3H,4-7H2,1H3. The number of carbonyl (C=O) groups is 1. The Morgan fingerprint density at radius 2 is 1.89 bits per heavy atom. The zero-order valence-corrected chi connectivity index (χ0v) is 12.2. The molecule has 0 atom stereocenters. The van der Waals surface area contributed by atoms with E-state index in [2.05, 4.69) is 15.9 Å². The molecular formula is C10H13BrN2O4S. The molecule has 18 heavy (non-hydrogen) atoms. The topological polar surface area (TPSA) is 70.8 Å². The fourth-order valence-electron chi connectivity index (χ4n) is 1.81. The molecule has 6 nitrogen and oxygen atoms in total. The van der Waals surface area contributed by atoms with Crippen LogP contribution in [0.5, 0.6) is 0 Å². The van der Waals surface area contributed by atoms with Gasteiger partial charge < -0.3 is 9.32 Å². The highest BCUT2D eigenvalue weighted by molar-refractivity contribution is 9.10. The van der Waals surface area contributed by atoms with Gasteiger partial charge >= 0.3 is 0 Å². The smallest absolute Gasteiger partial charge is 0.289 e.